The molecule has 0 radical (unpaired) electrons. The standard InChI is InChI=1S/C25H34N4O5S2/c1-18(2)34-20-8-10-21(11-9-20)36(32,33)28-13-14-29(23(30)17-28)22(16-19-6-4-3-5-7-19)24(31)27-25-26-12-15-35-25/h8-12,15,18-19,22H,3-7,13-14,16-17H2,1-2H3,(H,26,27,31)/t22-/m0/s1. The number of aromatic nitrogens is 1. The molecule has 2 aromatic rings. The molecular weight excluding hydrogens is 500 g/mol. The molecule has 0 bridgehead atoms. The fourth-order valence-electron chi connectivity index (χ4n) is 4.90. The van der Waals surface area contributed by atoms with E-state index >= 15 is 0 Å². The number of hydrogen-bond acceptors (Lipinski definition) is 7. The van der Waals surface area contributed by atoms with Crippen molar-refractivity contribution in [3.05, 3.63) is 35.8 Å². The lowest BCUT2D eigenvalue weighted by Crippen LogP contribution is -2.58. The molecule has 1 aromatic heterocycles. The zero-order chi connectivity index (χ0) is 25.7. The molecular formula is C25H34N4O5S2. The Labute approximate surface area is 216 Å². The highest BCUT2D eigenvalue weighted by Crippen LogP contribution is 2.30. The van der Waals surface area contributed by atoms with E-state index in [1.807, 2.05) is 13.8 Å². The molecule has 2 aliphatic rings. The third-order valence-electron chi connectivity index (χ3n) is 6.68. The first-order chi connectivity index (χ1) is 17.2. The Balaban J connectivity index is 1.47. The summed E-state index contributed by atoms with van der Waals surface area (Å²) in [4.78, 5) is 32.3. The number of hydrogen-bond donors (Lipinski definition) is 1. The maximum Gasteiger partial charge on any atom is 0.248 e. The van der Waals surface area contributed by atoms with E-state index < -0.39 is 16.1 Å². The van der Waals surface area contributed by atoms with Crippen molar-refractivity contribution in [3.63, 3.8) is 0 Å². The van der Waals surface area contributed by atoms with Crippen molar-refractivity contribution in [2.45, 2.75) is 69.4 Å². The zero-order valence-corrected chi connectivity index (χ0v) is 22.4. The van der Waals surface area contributed by atoms with Crippen LogP contribution in [0, 0.1) is 5.92 Å². The number of thiazole rings is 1. The average Bonchev–Trinajstić information content (AvgIpc) is 3.36. The number of carbonyl (C=O) groups excluding carboxylic acids is 2. The maximum absolute atomic E-state index is 13.3. The number of ether oxygens (including phenoxy) is 1. The largest absolute Gasteiger partial charge is 0.491 e. The van der Waals surface area contributed by atoms with Crippen LogP contribution in [0.15, 0.2) is 40.7 Å². The number of piperazine rings is 1. The molecule has 1 aliphatic carbocycles. The number of anilines is 1. The van der Waals surface area contributed by atoms with Crippen LogP contribution in [-0.4, -0.2) is 66.2 Å². The molecule has 0 unspecified atom stereocenters. The van der Waals surface area contributed by atoms with E-state index in [0.29, 0.717) is 23.2 Å². The lowest BCUT2D eigenvalue weighted by Gasteiger charge is -2.39. The van der Waals surface area contributed by atoms with E-state index in [1.54, 1.807) is 28.6 Å². The van der Waals surface area contributed by atoms with E-state index in [0.717, 1.165) is 25.7 Å². The predicted octanol–water partition coefficient (Wildman–Crippen LogP) is 3.74. The van der Waals surface area contributed by atoms with Gasteiger partial charge in [0.1, 0.15) is 11.8 Å². The molecule has 196 valence electrons. The van der Waals surface area contributed by atoms with Crippen molar-refractivity contribution >= 4 is 38.3 Å². The lowest BCUT2D eigenvalue weighted by molar-refractivity contribution is -0.142. The lowest BCUT2D eigenvalue weighted by atomic mass is 9.84. The van der Waals surface area contributed by atoms with Crippen LogP contribution in [0.1, 0.15) is 52.4 Å². The van der Waals surface area contributed by atoms with Crippen molar-refractivity contribution in [3.8, 4) is 5.75 Å². The normalized spacial score (nSPS) is 18.9. The average molecular weight is 535 g/mol. The Morgan fingerprint density at radius 3 is 2.50 bits per heavy atom. The van der Waals surface area contributed by atoms with Gasteiger partial charge in [0.15, 0.2) is 5.13 Å². The number of nitrogens with zero attached hydrogens (tertiary/aromatic N) is 3. The van der Waals surface area contributed by atoms with Gasteiger partial charge in [0, 0.05) is 24.7 Å². The second-order valence-corrected chi connectivity index (χ2v) is 12.5. The van der Waals surface area contributed by atoms with Gasteiger partial charge in [-0.25, -0.2) is 13.4 Å². The fourth-order valence-corrected chi connectivity index (χ4v) is 6.81. The van der Waals surface area contributed by atoms with Gasteiger partial charge in [0.05, 0.1) is 17.5 Å². The fraction of sp³-hybridized carbons (Fsp3) is 0.560. The van der Waals surface area contributed by atoms with E-state index in [1.165, 1.54) is 34.2 Å². The molecule has 0 spiro atoms. The number of benzene rings is 1. The molecule has 9 nitrogen and oxygen atoms in total. The quantitative estimate of drug-likeness (QED) is 0.525. The van der Waals surface area contributed by atoms with Gasteiger partial charge in [-0.3, -0.25) is 9.59 Å². The van der Waals surface area contributed by atoms with Crippen LogP contribution in [0.4, 0.5) is 5.13 Å². The Bertz CT molecular complexity index is 1130. The van der Waals surface area contributed by atoms with Gasteiger partial charge in [0.2, 0.25) is 21.8 Å². The molecule has 4 rings (SSSR count). The minimum Gasteiger partial charge on any atom is -0.491 e. The SMILES string of the molecule is CC(C)Oc1ccc(S(=O)(=O)N2CCN([C@@H](CC3CCCCC3)C(=O)Nc3nccs3)C(=O)C2)cc1. The van der Waals surface area contributed by atoms with E-state index in [9.17, 15) is 18.0 Å². The van der Waals surface area contributed by atoms with E-state index in [2.05, 4.69) is 10.3 Å². The monoisotopic (exact) mass is 534 g/mol. The highest BCUT2D eigenvalue weighted by molar-refractivity contribution is 7.89. The van der Waals surface area contributed by atoms with Crippen molar-refractivity contribution in [2.75, 3.05) is 25.0 Å². The molecule has 1 saturated carbocycles. The second-order valence-electron chi connectivity index (χ2n) is 9.65. The van der Waals surface area contributed by atoms with Crippen LogP contribution in [0.3, 0.4) is 0 Å². The summed E-state index contributed by atoms with van der Waals surface area (Å²) in [5, 5.41) is 5.12. The molecule has 1 aromatic carbocycles. The summed E-state index contributed by atoms with van der Waals surface area (Å²) >= 11 is 1.32. The molecule has 1 N–H and O–H groups in total. The predicted molar refractivity (Wildman–Crippen MR) is 138 cm³/mol. The van der Waals surface area contributed by atoms with Crippen LogP contribution < -0.4 is 10.1 Å². The molecule has 2 amide bonds. The van der Waals surface area contributed by atoms with Crippen LogP contribution in [-0.2, 0) is 19.6 Å². The summed E-state index contributed by atoms with van der Waals surface area (Å²) < 4.78 is 33.3. The Hall–Kier alpha value is -2.50. The van der Waals surface area contributed by atoms with Gasteiger partial charge >= 0.3 is 0 Å². The van der Waals surface area contributed by atoms with Gasteiger partial charge in [-0.1, -0.05) is 32.1 Å². The zero-order valence-electron chi connectivity index (χ0n) is 20.8. The highest BCUT2D eigenvalue weighted by Gasteiger charge is 2.39. The van der Waals surface area contributed by atoms with E-state index in [-0.39, 0.29) is 42.4 Å². The number of amides is 2. The molecule has 2 fully saturated rings. The van der Waals surface area contributed by atoms with Crippen molar-refractivity contribution < 1.29 is 22.7 Å². The van der Waals surface area contributed by atoms with Gasteiger partial charge in [0.25, 0.3) is 0 Å². The third kappa shape index (κ3) is 6.43. The van der Waals surface area contributed by atoms with Gasteiger partial charge in [-0.05, 0) is 50.5 Å². The van der Waals surface area contributed by atoms with Crippen molar-refractivity contribution in [1.29, 1.82) is 0 Å². The number of sulfonamides is 1. The number of rotatable bonds is 9. The Kier molecular flexibility index (Phi) is 8.63. The highest BCUT2D eigenvalue weighted by atomic mass is 32.2. The summed E-state index contributed by atoms with van der Waals surface area (Å²) in [5.41, 5.74) is 0. The Morgan fingerprint density at radius 1 is 1.17 bits per heavy atom. The first kappa shape index (κ1) is 26.6. The molecule has 1 aliphatic heterocycles. The summed E-state index contributed by atoms with van der Waals surface area (Å²) in [5.74, 6) is 0.328. The molecule has 2 heterocycles. The molecule has 36 heavy (non-hydrogen) atoms. The number of carbonyl (C=O) groups is 2. The summed E-state index contributed by atoms with van der Waals surface area (Å²) in [6.07, 6.45) is 7.72. The smallest absolute Gasteiger partial charge is 0.248 e. The van der Waals surface area contributed by atoms with Crippen molar-refractivity contribution in [1.82, 2.24) is 14.2 Å². The topological polar surface area (TPSA) is 109 Å². The second kappa shape index (κ2) is 11.7. The molecule has 1 atom stereocenters. The minimum absolute atomic E-state index is 0.0208. The molecule has 11 heteroatoms. The maximum atomic E-state index is 13.3. The van der Waals surface area contributed by atoms with Crippen LogP contribution in [0.5, 0.6) is 5.75 Å². The van der Waals surface area contributed by atoms with Crippen LogP contribution in [0.25, 0.3) is 0 Å². The first-order valence-electron chi connectivity index (χ1n) is 12.5. The third-order valence-corrected chi connectivity index (χ3v) is 9.23. The minimum atomic E-state index is -3.86. The van der Waals surface area contributed by atoms with Crippen LogP contribution in [0.2, 0.25) is 0 Å². The van der Waals surface area contributed by atoms with E-state index in [4.69, 9.17) is 4.74 Å². The first-order valence-corrected chi connectivity index (χ1v) is 14.8. The number of nitrogens with one attached hydrogen (secondary N) is 1. The molecule has 1 saturated heterocycles. The van der Waals surface area contributed by atoms with Gasteiger partial charge in [-0.2, -0.15) is 4.31 Å². The van der Waals surface area contributed by atoms with Crippen LogP contribution >= 0.6 is 11.3 Å². The summed E-state index contributed by atoms with van der Waals surface area (Å²) in [6.45, 7) is 3.79. The van der Waals surface area contributed by atoms with Gasteiger partial charge < -0.3 is 15.0 Å². The van der Waals surface area contributed by atoms with Crippen molar-refractivity contribution in [2.24, 2.45) is 5.92 Å². The Morgan fingerprint density at radius 2 is 1.89 bits per heavy atom. The van der Waals surface area contributed by atoms with Gasteiger partial charge in [-0.15, -0.1) is 11.3 Å². The summed E-state index contributed by atoms with van der Waals surface area (Å²) in [6, 6.07) is 5.58. The summed E-state index contributed by atoms with van der Waals surface area (Å²) in [7, 11) is -3.86.